The molecule has 1 aromatic carbocycles. The van der Waals surface area contributed by atoms with E-state index in [-0.39, 0.29) is 0 Å². The maximum Gasteiger partial charge on any atom is 0.240 e. The van der Waals surface area contributed by atoms with Gasteiger partial charge in [-0.05, 0) is 31.4 Å². The second-order valence-electron chi connectivity index (χ2n) is 3.43. The SMILES string of the molecule is CCc1cc(C)c(N=C=O)c(C)c1N=C=O. The Morgan fingerprint density at radius 3 is 2.19 bits per heavy atom. The number of nitrogens with zero attached hydrogens (tertiary/aromatic N) is 2. The number of isocyanates is 2. The van der Waals surface area contributed by atoms with Gasteiger partial charge in [0.15, 0.2) is 0 Å². The van der Waals surface area contributed by atoms with Crippen LogP contribution in [0.1, 0.15) is 23.6 Å². The molecule has 4 heteroatoms. The maximum atomic E-state index is 10.3. The predicted molar refractivity (Wildman–Crippen MR) is 60.9 cm³/mol. The summed E-state index contributed by atoms with van der Waals surface area (Å²) in [6, 6.07) is 1.87. The van der Waals surface area contributed by atoms with Gasteiger partial charge in [-0.2, -0.15) is 9.98 Å². The minimum Gasteiger partial charge on any atom is -0.211 e. The zero-order valence-electron chi connectivity index (χ0n) is 9.50. The molecule has 0 N–H and O–H groups in total. The molecule has 4 nitrogen and oxygen atoms in total. The van der Waals surface area contributed by atoms with Gasteiger partial charge in [0.1, 0.15) is 0 Å². The Bertz CT molecular complexity index is 508. The van der Waals surface area contributed by atoms with Gasteiger partial charge in [-0.25, -0.2) is 9.59 Å². The zero-order chi connectivity index (χ0) is 12.1. The lowest BCUT2D eigenvalue weighted by Gasteiger charge is -2.10. The van der Waals surface area contributed by atoms with E-state index in [9.17, 15) is 9.59 Å². The number of rotatable bonds is 3. The molecule has 0 radical (unpaired) electrons. The number of benzene rings is 1. The van der Waals surface area contributed by atoms with E-state index in [4.69, 9.17) is 0 Å². The van der Waals surface area contributed by atoms with Gasteiger partial charge in [0.25, 0.3) is 0 Å². The van der Waals surface area contributed by atoms with Crippen LogP contribution in [0.15, 0.2) is 16.1 Å². The fourth-order valence-electron chi connectivity index (χ4n) is 1.74. The van der Waals surface area contributed by atoms with Gasteiger partial charge >= 0.3 is 0 Å². The third-order valence-corrected chi connectivity index (χ3v) is 2.47. The molecular weight excluding hydrogens is 204 g/mol. The van der Waals surface area contributed by atoms with Crippen LogP contribution in [-0.2, 0) is 16.0 Å². The first-order valence-electron chi connectivity index (χ1n) is 4.94. The summed E-state index contributed by atoms with van der Waals surface area (Å²) in [5.74, 6) is 0. The molecule has 1 aromatic rings. The lowest BCUT2D eigenvalue weighted by atomic mass is 10.00. The molecule has 0 saturated carbocycles. The first-order valence-corrected chi connectivity index (χ1v) is 4.94. The Morgan fingerprint density at radius 1 is 1.12 bits per heavy atom. The molecule has 82 valence electrons. The van der Waals surface area contributed by atoms with Crippen molar-refractivity contribution in [3.8, 4) is 0 Å². The Morgan fingerprint density at radius 2 is 1.69 bits per heavy atom. The van der Waals surface area contributed by atoms with Crippen molar-refractivity contribution < 1.29 is 9.59 Å². The molecule has 0 aromatic heterocycles. The van der Waals surface area contributed by atoms with Crippen LogP contribution < -0.4 is 0 Å². The number of aryl methyl sites for hydroxylation is 2. The van der Waals surface area contributed by atoms with E-state index in [2.05, 4.69) is 9.98 Å². The van der Waals surface area contributed by atoms with E-state index in [1.807, 2.05) is 19.9 Å². The van der Waals surface area contributed by atoms with Gasteiger partial charge in [0.2, 0.25) is 12.2 Å². The van der Waals surface area contributed by atoms with Crippen molar-refractivity contribution >= 4 is 23.5 Å². The molecule has 0 aliphatic rings. The third kappa shape index (κ3) is 2.14. The molecule has 0 saturated heterocycles. The van der Waals surface area contributed by atoms with Crippen molar-refractivity contribution in [2.75, 3.05) is 0 Å². The number of hydrogen-bond donors (Lipinski definition) is 0. The van der Waals surface area contributed by atoms with Gasteiger partial charge in [-0.15, -0.1) is 0 Å². The van der Waals surface area contributed by atoms with Crippen LogP contribution in [0.2, 0.25) is 0 Å². The van der Waals surface area contributed by atoms with E-state index in [0.29, 0.717) is 16.9 Å². The van der Waals surface area contributed by atoms with E-state index in [1.165, 1.54) is 12.2 Å². The van der Waals surface area contributed by atoms with Crippen molar-refractivity contribution in [2.45, 2.75) is 27.2 Å². The molecule has 0 amide bonds. The van der Waals surface area contributed by atoms with Crippen LogP contribution in [-0.4, -0.2) is 12.2 Å². The van der Waals surface area contributed by atoms with E-state index in [0.717, 1.165) is 17.5 Å². The lowest BCUT2D eigenvalue weighted by molar-refractivity contribution is 0.564. The molecule has 16 heavy (non-hydrogen) atoms. The standard InChI is InChI=1S/C12H12N2O2/c1-4-10-5-8(2)11(13-6-15)9(3)12(10)14-7-16/h5H,4H2,1-3H3. The topological polar surface area (TPSA) is 58.9 Å². The summed E-state index contributed by atoms with van der Waals surface area (Å²) in [6.07, 6.45) is 3.79. The fourth-order valence-corrected chi connectivity index (χ4v) is 1.74. The zero-order valence-corrected chi connectivity index (χ0v) is 9.50. The molecule has 0 spiro atoms. The number of carbonyl (C=O) groups excluding carboxylic acids is 2. The fraction of sp³-hybridized carbons (Fsp3) is 0.333. The van der Waals surface area contributed by atoms with Crippen LogP contribution in [0.4, 0.5) is 11.4 Å². The monoisotopic (exact) mass is 216 g/mol. The van der Waals surface area contributed by atoms with Crippen molar-refractivity contribution in [1.29, 1.82) is 0 Å². The smallest absolute Gasteiger partial charge is 0.211 e. The van der Waals surface area contributed by atoms with Crippen LogP contribution >= 0.6 is 0 Å². The van der Waals surface area contributed by atoms with Crippen LogP contribution in [0.5, 0.6) is 0 Å². The lowest BCUT2D eigenvalue weighted by Crippen LogP contribution is -1.89. The Labute approximate surface area is 93.7 Å². The average molecular weight is 216 g/mol. The van der Waals surface area contributed by atoms with Crippen molar-refractivity contribution in [1.82, 2.24) is 0 Å². The summed E-state index contributed by atoms with van der Waals surface area (Å²) in [6.45, 7) is 5.61. The summed E-state index contributed by atoms with van der Waals surface area (Å²) in [4.78, 5) is 27.9. The molecule has 0 fully saturated rings. The van der Waals surface area contributed by atoms with Gasteiger partial charge in [-0.1, -0.05) is 13.0 Å². The summed E-state index contributed by atoms with van der Waals surface area (Å²) in [7, 11) is 0. The van der Waals surface area contributed by atoms with Crippen LogP contribution in [0, 0.1) is 13.8 Å². The summed E-state index contributed by atoms with van der Waals surface area (Å²) in [5, 5.41) is 0. The van der Waals surface area contributed by atoms with Gasteiger partial charge in [0, 0.05) is 5.56 Å². The Hall–Kier alpha value is -2.02. The molecule has 0 aliphatic heterocycles. The minimum atomic E-state index is 0.529. The highest BCUT2D eigenvalue weighted by atomic mass is 16.1. The number of aliphatic imine (C=N–C) groups is 2. The molecule has 0 aliphatic carbocycles. The maximum absolute atomic E-state index is 10.3. The van der Waals surface area contributed by atoms with E-state index in [1.54, 1.807) is 6.92 Å². The van der Waals surface area contributed by atoms with Gasteiger partial charge in [-0.3, -0.25) is 0 Å². The second-order valence-corrected chi connectivity index (χ2v) is 3.43. The molecule has 0 atom stereocenters. The van der Waals surface area contributed by atoms with Crippen LogP contribution in [0.3, 0.4) is 0 Å². The predicted octanol–water partition coefficient (Wildman–Crippen LogP) is 2.80. The molecule has 1 rings (SSSR count). The summed E-state index contributed by atoms with van der Waals surface area (Å²) in [5.41, 5.74) is 3.62. The first kappa shape index (κ1) is 12.1. The highest BCUT2D eigenvalue weighted by Gasteiger charge is 2.11. The van der Waals surface area contributed by atoms with Crippen molar-refractivity contribution in [3.05, 3.63) is 22.8 Å². The molecular formula is C12H12N2O2. The Balaban J connectivity index is 3.63. The molecule has 0 bridgehead atoms. The van der Waals surface area contributed by atoms with Gasteiger partial charge < -0.3 is 0 Å². The molecule has 0 heterocycles. The van der Waals surface area contributed by atoms with E-state index >= 15 is 0 Å². The largest absolute Gasteiger partial charge is 0.240 e. The normalized spacial score (nSPS) is 9.19. The summed E-state index contributed by atoms with van der Waals surface area (Å²) < 4.78 is 0. The van der Waals surface area contributed by atoms with E-state index < -0.39 is 0 Å². The average Bonchev–Trinajstić information content (AvgIpc) is 2.28. The Kier molecular flexibility index (Phi) is 3.90. The third-order valence-electron chi connectivity index (χ3n) is 2.47. The van der Waals surface area contributed by atoms with Crippen LogP contribution in [0.25, 0.3) is 0 Å². The van der Waals surface area contributed by atoms with Gasteiger partial charge in [0.05, 0.1) is 11.4 Å². The molecule has 0 unspecified atom stereocenters. The minimum absolute atomic E-state index is 0.529. The highest BCUT2D eigenvalue weighted by Crippen LogP contribution is 2.34. The quantitative estimate of drug-likeness (QED) is 0.576. The second kappa shape index (κ2) is 5.17. The highest BCUT2D eigenvalue weighted by molar-refractivity contribution is 5.71. The first-order chi connectivity index (χ1) is 7.65. The number of hydrogen-bond acceptors (Lipinski definition) is 4. The van der Waals surface area contributed by atoms with Crippen molar-refractivity contribution in [2.24, 2.45) is 9.98 Å². The summed E-state index contributed by atoms with van der Waals surface area (Å²) >= 11 is 0. The van der Waals surface area contributed by atoms with Crippen molar-refractivity contribution in [3.63, 3.8) is 0 Å².